The molecule has 1 amide bonds. The van der Waals surface area contributed by atoms with Crippen molar-refractivity contribution in [2.24, 2.45) is 5.92 Å². The molecule has 7 heteroatoms. The number of hydrogen-bond acceptors (Lipinski definition) is 6. The van der Waals surface area contributed by atoms with E-state index in [2.05, 4.69) is 53.5 Å². The Morgan fingerprint density at radius 3 is 2.11 bits per heavy atom. The molecular weight excluding hydrogens is 478 g/mol. The molecule has 7 nitrogen and oxygen atoms in total. The average Bonchev–Trinajstić information content (AvgIpc) is 3.07. The number of aliphatic hydroxyl groups is 1. The molecule has 2 aromatic carbocycles. The highest BCUT2D eigenvalue weighted by Crippen LogP contribution is 2.46. The fourth-order valence-electron chi connectivity index (χ4n) is 6.97. The van der Waals surface area contributed by atoms with Gasteiger partial charge in [0, 0.05) is 31.5 Å². The smallest absolute Gasteiger partial charge is 0.251 e. The molecule has 3 unspecified atom stereocenters. The Labute approximate surface area is 224 Å². The van der Waals surface area contributed by atoms with Gasteiger partial charge in [-0.15, -0.1) is 0 Å². The monoisotopic (exact) mass is 515 g/mol. The van der Waals surface area contributed by atoms with Gasteiger partial charge in [0.05, 0.1) is 6.04 Å². The summed E-state index contributed by atoms with van der Waals surface area (Å²) in [5.74, 6) is -0.470. The minimum Gasteiger partial charge on any atom is -0.381 e. The Kier molecular flexibility index (Phi) is 6.41. The topological polar surface area (TPSA) is 73.3 Å². The van der Waals surface area contributed by atoms with Crippen molar-refractivity contribution >= 4 is 11.7 Å². The van der Waals surface area contributed by atoms with Gasteiger partial charge in [-0.1, -0.05) is 48.5 Å². The Morgan fingerprint density at radius 2 is 1.53 bits per heavy atom. The molecule has 3 heterocycles. The van der Waals surface area contributed by atoms with E-state index in [0.29, 0.717) is 13.2 Å². The van der Waals surface area contributed by atoms with E-state index in [4.69, 9.17) is 4.74 Å². The summed E-state index contributed by atoms with van der Waals surface area (Å²) in [5.41, 5.74) is 3.13. The van der Waals surface area contributed by atoms with E-state index in [1.165, 1.54) is 35.3 Å². The second kappa shape index (κ2) is 9.63. The van der Waals surface area contributed by atoms with Crippen LogP contribution in [0.3, 0.4) is 0 Å². The highest BCUT2D eigenvalue weighted by atomic mass is 16.5. The van der Waals surface area contributed by atoms with Crippen LogP contribution < -0.4 is 0 Å². The second-order valence-electron chi connectivity index (χ2n) is 11.5. The molecule has 0 aromatic heterocycles. The van der Waals surface area contributed by atoms with Gasteiger partial charge in [-0.05, 0) is 74.6 Å². The molecule has 6 rings (SSSR count). The van der Waals surface area contributed by atoms with E-state index in [9.17, 15) is 14.7 Å². The molecule has 0 spiro atoms. The zero-order valence-electron chi connectivity index (χ0n) is 22.4. The van der Waals surface area contributed by atoms with Crippen LogP contribution >= 0.6 is 0 Å². The highest BCUT2D eigenvalue weighted by Gasteiger charge is 2.59. The molecule has 2 saturated heterocycles. The normalized spacial score (nSPS) is 28.8. The van der Waals surface area contributed by atoms with E-state index in [1.807, 2.05) is 23.8 Å². The third-order valence-corrected chi connectivity index (χ3v) is 8.86. The van der Waals surface area contributed by atoms with Crippen molar-refractivity contribution in [3.63, 3.8) is 0 Å². The molecule has 2 fully saturated rings. The summed E-state index contributed by atoms with van der Waals surface area (Å²) in [6.07, 6.45) is 6.43. The zero-order chi connectivity index (χ0) is 26.6. The maximum atomic E-state index is 14.3. The molecule has 0 radical (unpaired) electrons. The van der Waals surface area contributed by atoms with E-state index < -0.39 is 17.4 Å². The lowest BCUT2D eigenvalue weighted by atomic mass is 9.83. The van der Waals surface area contributed by atoms with Crippen molar-refractivity contribution < 1.29 is 19.4 Å². The number of benzene rings is 2. The first-order valence-electron chi connectivity index (χ1n) is 13.9. The third kappa shape index (κ3) is 3.91. The van der Waals surface area contributed by atoms with Crippen molar-refractivity contribution in [1.82, 2.24) is 14.9 Å². The molecule has 0 bridgehead atoms. The van der Waals surface area contributed by atoms with Crippen molar-refractivity contribution in [2.75, 3.05) is 13.2 Å². The lowest BCUT2D eigenvalue weighted by Gasteiger charge is -2.61. The minimum atomic E-state index is -1.85. The summed E-state index contributed by atoms with van der Waals surface area (Å²) in [4.78, 5) is 29.2. The van der Waals surface area contributed by atoms with Crippen molar-refractivity contribution in [3.8, 4) is 0 Å². The van der Waals surface area contributed by atoms with E-state index >= 15 is 0 Å². The van der Waals surface area contributed by atoms with E-state index in [0.717, 1.165) is 25.7 Å². The average molecular weight is 516 g/mol. The summed E-state index contributed by atoms with van der Waals surface area (Å²) < 4.78 is 5.75. The van der Waals surface area contributed by atoms with Gasteiger partial charge in [0.25, 0.3) is 5.91 Å². The maximum absolute atomic E-state index is 14.3. The number of nitrogens with zero attached hydrogens (tertiary/aromatic N) is 3. The highest BCUT2D eigenvalue weighted by molar-refractivity contribution is 6.03. The standard InChI is InChI=1S/C31H37N3O4/c1-20(2)33-29(23-15-18-38-19-16-23)34(32-17-14-26(35)31(3,37)28(32)30(33)36)27-24-10-6-4-8-21(24)12-13-22-9-5-7-11-25(22)27/h4-11,14,17,20,23,27-29,37H,12-13,15-16,18-19H2,1-3H3. The van der Waals surface area contributed by atoms with Crippen molar-refractivity contribution in [2.45, 2.75) is 76.3 Å². The van der Waals surface area contributed by atoms with Crippen LogP contribution in [0, 0.1) is 5.92 Å². The van der Waals surface area contributed by atoms with Crippen LogP contribution in [0.15, 0.2) is 60.8 Å². The summed E-state index contributed by atoms with van der Waals surface area (Å²) in [6.45, 7) is 6.85. The summed E-state index contributed by atoms with van der Waals surface area (Å²) in [5, 5.41) is 15.7. The van der Waals surface area contributed by atoms with Crippen LogP contribution in [0.25, 0.3) is 0 Å². The third-order valence-electron chi connectivity index (χ3n) is 8.86. The zero-order valence-corrected chi connectivity index (χ0v) is 22.4. The van der Waals surface area contributed by atoms with E-state index in [-0.39, 0.29) is 30.1 Å². The number of carbonyl (C=O) groups excluding carboxylic acids is 2. The van der Waals surface area contributed by atoms with Gasteiger partial charge < -0.3 is 14.7 Å². The summed E-state index contributed by atoms with van der Waals surface area (Å²) >= 11 is 0. The fourth-order valence-corrected chi connectivity index (χ4v) is 6.97. The predicted octanol–water partition coefficient (Wildman–Crippen LogP) is 3.61. The number of aryl methyl sites for hydroxylation is 2. The molecule has 3 aliphatic heterocycles. The molecule has 1 aliphatic carbocycles. The molecular formula is C31H37N3O4. The number of fused-ring (bicyclic) bond motifs is 3. The Morgan fingerprint density at radius 1 is 0.947 bits per heavy atom. The van der Waals surface area contributed by atoms with Gasteiger partial charge in [0.15, 0.2) is 17.4 Å². The second-order valence-corrected chi connectivity index (χ2v) is 11.5. The maximum Gasteiger partial charge on any atom is 0.251 e. The predicted molar refractivity (Wildman–Crippen MR) is 144 cm³/mol. The van der Waals surface area contributed by atoms with Gasteiger partial charge in [-0.3, -0.25) is 14.6 Å². The minimum absolute atomic E-state index is 0.118. The molecule has 200 valence electrons. The lowest BCUT2D eigenvalue weighted by molar-refractivity contribution is -0.232. The van der Waals surface area contributed by atoms with Gasteiger partial charge in [-0.2, -0.15) is 5.01 Å². The quantitative estimate of drug-likeness (QED) is 0.673. The van der Waals surface area contributed by atoms with Crippen molar-refractivity contribution in [3.05, 3.63) is 83.1 Å². The SMILES string of the molecule is CC(C)N1C(=O)C2N(C=CC(=O)C2(C)O)N(C2c3ccccc3CCc3ccccc32)C1C1CCOCC1. The number of ketones is 1. The number of carbonyl (C=O) groups is 2. The molecule has 4 aliphatic rings. The fraction of sp³-hybridized carbons (Fsp3) is 0.484. The number of hydrogen-bond donors (Lipinski definition) is 1. The van der Waals surface area contributed by atoms with Gasteiger partial charge in [-0.25, -0.2) is 0 Å². The van der Waals surface area contributed by atoms with Crippen LogP contribution in [-0.2, 0) is 27.2 Å². The van der Waals surface area contributed by atoms with Crippen LogP contribution in [0.5, 0.6) is 0 Å². The number of hydrazine groups is 1. The van der Waals surface area contributed by atoms with Gasteiger partial charge in [0.2, 0.25) is 0 Å². The van der Waals surface area contributed by atoms with Crippen LogP contribution in [-0.4, -0.2) is 68.8 Å². The number of amides is 1. The first kappa shape index (κ1) is 25.3. The first-order valence-corrected chi connectivity index (χ1v) is 13.9. The number of ether oxygens (including phenoxy) is 1. The molecule has 2 aromatic rings. The largest absolute Gasteiger partial charge is 0.381 e. The Hall–Kier alpha value is -3.00. The van der Waals surface area contributed by atoms with Crippen LogP contribution in [0.2, 0.25) is 0 Å². The molecule has 1 N–H and O–H groups in total. The Balaban J connectivity index is 1.63. The van der Waals surface area contributed by atoms with E-state index in [1.54, 1.807) is 6.20 Å². The molecule has 3 atom stereocenters. The first-order chi connectivity index (χ1) is 18.3. The van der Waals surface area contributed by atoms with Gasteiger partial charge in [0.1, 0.15) is 6.17 Å². The Bertz CT molecular complexity index is 1220. The van der Waals surface area contributed by atoms with Gasteiger partial charge >= 0.3 is 0 Å². The lowest BCUT2D eigenvalue weighted by Crippen LogP contribution is -2.77. The molecule has 38 heavy (non-hydrogen) atoms. The summed E-state index contributed by atoms with van der Waals surface area (Å²) in [6, 6.07) is 15.8. The summed E-state index contributed by atoms with van der Waals surface area (Å²) in [7, 11) is 0. The number of rotatable bonds is 3. The molecule has 0 saturated carbocycles. The van der Waals surface area contributed by atoms with Crippen molar-refractivity contribution in [1.29, 1.82) is 0 Å². The van der Waals surface area contributed by atoms with Crippen LogP contribution in [0.1, 0.15) is 61.9 Å². The van der Waals surface area contributed by atoms with Crippen LogP contribution in [0.4, 0.5) is 0 Å².